The van der Waals surface area contributed by atoms with Crippen molar-refractivity contribution in [3.05, 3.63) is 62.6 Å². The lowest BCUT2D eigenvalue weighted by Crippen LogP contribution is -2.48. The minimum absolute atomic E-state index is 0.118. The molecule has 33 heavy (non-hydrogen) atoms. The number of anilines is 1. The summed E-state index contributed by atoms with van der Waals surface area (Å²) in [6.07, 6.45) is -0.863. The molecule has 0 spiro atoms. The van der Waals surface area contributed by atoms with Crippen LogP contribution in [0.15, 0.2) is 34.8 Å². The van der Waals surface area contributed by atoms with Gasteiger partial charge in [-0.1, -0.05) is 17.7 Å². The van der Waals surface area contributed by atoms with E-state index in [0.29, 0.717) is 0 Å². The molecule has 1 atom stereocenters. The highest BCUT2D eigenvalue weighted by molar-refractivity contribution is 9.10. The lowest BCUT2D eigenvalue weighted by atomic mass is 10.00. The number of halogens is 4. The molecule has 0 aliphatic carbocycles. The molecule has 0 aliphatic heterocycles. The van der Waals surface area contributed by atoms with Crippen molar-refractivity contribution in [3.8, 4) is 0 Å². The van der Waals surface area contributed by atoms with Crippen molar-refractivity contribution in [2.24, 2.45) is 0 Å². The third-order valence-corrected chi connectivity index (χ3v) is 5.39. The van der Waals surface area contributed by atoms with Gasteiger partial charge in [-0.05, 0) is 61.0 Å². The van der Waals surface area contributed by atoms with Gasteiger partial charge in [0.05, 0.1) is 28.4 Å². The smallest absolute Gasteiger partial charge is 0.408 e. The summed E-state index contributed by atoms with van der Waals surface area (Å²) in [4.78, 5) is 38.0. The van der Waals surface area contributed by atoms with Crippen molar-refractivity contribution in [1.29, 1.82) is 0 Å². The quantitative estimate of drug-likeness (QED) is 0.471. The highest BCUT2D eigenvalue weighted by Crippen LogP contribution is 2.34. The number of methoxy groups -OCH3 is 1. The summed E-state index contributed by atoms with van der Waals surface area (Å²) in [5.41, 5.74) is -2.08. The van der Waals surface area contributed by atoms with Crippen molar-refractivity contribution in [3.63, 3.8) is 0 Å². The Balaban J connectivity index is 2.40. The zero-order chi connectivity index (χ0) is 24.9. The molecule has 1 unspecified atom stereocenters. The first kappa shape index (κ1) is 26.7. The van der Waals surface area contributed by atoms with Crippen molar-refractivity contribution in [1.82, 2.24) is 5.32 Å². The van der Waals surface area contributed by atoms with Gasteiger partial charge in [0.1, 0.15) is 23.3 Å². The summed E-state index contributed by atoms with van der Waals surface area (Å²) in [6.45, 7) is 4.74. The van der Waals surface area contributed by atoms with E-state index in [9.17, 15) is 23.2 Å². The summed E-state index contributed by atoms with van der Waals surface area (Å²) in [5.74, 6) is -4.02. The molecule has 178 valence electrons. The fourth-order valence-electron chi connectivity index (χ4n) is 2.74. The van der Waals surface area contributed by atoms with E-state index in [1.165, 1.54) is 19.2 Å². The molecule has 2 N–H and O–H groups in total. The summed E-state index contributed by atoms with van der Waals surface area (Å²) in [6, 6.07) is 4.54. The zero-order valence-corrected chi connectivity index (χ0v) is 20.6. The second kappa shape index (κ2) is 11.0. The van der Waals surface area contributed by atoms with Gasteiger partial charge in [-0.25, -0.2) is 13.6 Å². The Bertz CT molecular complexity index is 1060. The van der Waals surface area contributed by atoms with Crippen LogP contribution in [0.1, 0.15) is 36.7 Å². The monoisotopic (exact) mass is 546 g/mol. The fourth-order valence-corrected chi connectivity index (χ4v) is 3.32. The molecule has 11 heteroatoms. The Morgan fingerprint density at radius 2 is 1.70 bits per heavy atom. The number of carbonyl (C=O) groups is 3. The maximum absolute atomic E-state index is 14.2. The zero-order valence-electron chi connectivity index (χ0n) is 18.2. The lowest BCUT2D eigenvalue weighted by Gasteiger charge is -2.23. The Morgan fingerprint density at radius 1 is 1.09 bits per heavy atom. The van der Waals surface area contributed by atoms with Gasteiger partial charge < -0.3 is 20.1 Å². The van der Waals surface area contributed by atoms with Crippen LogP contribution >= 0.6 is 27.5 Å². The molecule has 7 nitrogen and oxygen atoms in total. The van der Waals surface area contributed by atoms with E-state index < -0.39 is 46.6 Å². The minimum atomic E-state index is -1.21. The number of carbonyl (C=O) groups excluding carboxylic acids is 3. The number of hydrogen-bond donors (Lipinski definition) is 2. The predicted octanol–water partition coefficient (Wildman–Crippen LogP) is 5.09. The Labute approximate surface area is 202 Å². The highest BCUT2D eigenvalue weighted by atomic mass is 79.9. The van der Waals surface area contributed by atoms with E-state index >= 15 is 0 Å². The third kappa shape index (κ3) is 6.96. The molecule has 0 saturated carbocycles. The summed E-state index contributed by atoms with van der Waals surface area (Å²) in [5, 5.41) is 4.67. The van der Waals surface area contributed by atoms with Gasteiger partial charge in [0.2, 0.25) is 11.7 Å². The number of nitrogens with one attached hydrogen (secondary N) is 2. The first-order valence-corrected chi connectivity index (χ1v) is 10.8. The molecule has 0 fully saturated rings. The van der Waals surface area contributed by atoms with Crippen LogP contribution in [0.25, 0.3) is 0 Å². The minimum Gasteiger partial charge on any atom is -0.444 e. The largest absolute Gasteiger partial charge is 0.444 e. The first-order valence-electron chi connectivity index (χ1n) is 9.61. The summed E-state index contributed by atoms with van der Waals surface area (Å²) < 4.78 is 38.9. The Hall–Kier alpha value is -2.56. The van der Waals surface area contributed by atoms with Crippen molar-refractivity contribution in [2.45, 2.75) is 32.4 Å². The van der Waals surface area contributed by atoms with Crippen LogP contribution in [-0.2, 0) is 14.3 Å². The van der Waals surface area contributed by atoms with Gasteiger partial charge >= 0.3 is 6.09 Å². The van der Waals surface area contributed by atoms with Gasteiger partial charge in [0, 0.05) is 11.6 Å². The van der Waals surface area contributed by atoms with E-state index in [0.717, 1.165) is 18.2 Å². The topological polar surface area (TPSA) is 93.7 Å². The SMILES string of the molecule is COCC(NC(=O)OC(C)(C)C)C(=O)Nc1ccc(Br)c(Cl)c1C(=O)c1c(F)cccc1F. The van der Waals surface area contributed by atoms with E-state index in [-0.39, 0.29) is 27.4 Å². The van der Waals surface area contributed by atoms with E-state index in [2.05, 4.69) is 26.6 Å². The highest BCUT2D eigenvalue weighted by Gasteiger charge is 2.29. The van der Waals surface area contributed by atoms with Gasteiger partial charge in [-0.3, -0.25) is 9.59 Å². The van der Waals surface area contributed by atoms with Crippen molar-refractivity contribution < 1.29 is 32.6 Å². The molecular weight excluding hydrogens is 526 g/mol. The molecule has 2 aromatic rings. The second-order valence-corrected chi connectivity index (χ2v) is 9.09. The number of rotatable bonds is 7. The molecule has 0 saturated heterocycles. The van der Waals surface area contributed by atoms with Crippen LogP contribution in [-0.4, -0.2) is 43.1 Å². The standard InChI is InChI=1S/C22H22BrClF2N2O5/c1-22(2,3)33-21(31)28-15(10-32-4)20(30)27-14-9-8-11(23)18(24)17(14)19(29)16-12(25)6-5-7-13(16)26/h5-9,15H,10H2,1-4H3,(H,27,30)(H,28,31). The van der Waals surface area contributed by atoms with Gasteiger partial charge in [0.25, 0.3) is 0 Å². The van der Waals surface area contributed by atoms with Crippen molar-refractivity contribution in [2.75, 3.05) is 19.0 Å². The number of amides is 2. The molecule has 2 amide bonds. The number of ketones is 1. The molecule has 2 rings (SSSR count). The van der Waals surface area contributed by atoms with E-state index in [1.54, 1.807) is 20.8 Å². The third-order valence-electron chi connectivity index (χ3n) is 4.11. The molecule has 0 aliphatic rings. The average molecular weight is 548 g/mol. The number of hydrogen-bond acceptors (Lipinski definition) is 5. The average Bonchev–Trinajstić information content (AvgIpc) is 2.69. The number of benzene rings is 2. The number of ether oxygens (including phenoxy) is 2. The summed E-state index contributed by atoms with van der Waals surface area (Å²) in [7, 11) is 1.32. The first-order chi connectivity index (χ1) is 15.4. The van der Waals surface area contributed by atoms with E-state index in [4.69, 9.17) is 21.1 Å². The van der Waals surface area contributed by atoms with Crippen LogP contribution in [0.2, 0.25) is 5.02 Å². The fraction of sp³-hybridized carbons (Fsp3) is 0.318. The Kier molecular flexibility index (Phi) is 8.93. The lowest BCUT2D eigenvalue weighted by molar-refractivity contribution is -0.119. The summed E-state index contributed by atoms with van der Waals surface area (Å²) >= 11 is 9.41. The van der Waals surface area contributed by atoms with Gasteiger partial charge in [0.15, 0.2) is 0 Å². The van der Waals surface area contributed by atoms with E-state index in [1.807, 2.05) is 0 Å². The van der Waals surface area contributed by atoms with Crippen LogP contribution in [0.4, 0.5) is 19.3 Å². The molecule has 0 heterocycles. The van der Waals surface area contributed by atoms with Gasteiger partial charge in [-0.15, -0.1) is 0 Å². The van der Waals surface area contributed by atoms with Crippen LogP contribution in [0, 0.1) is 11.6 Å². The number of alkyl carbamates (subject to hydrolysis) is 1. The van der Waals surface area contributed by atoms with Crippen LogP contribution in [0.3, 0.4) is 0 Å². The van der Waals surface area contributed by atoms with Crippen LogP contribution in [0.5, 0.6) is 0 Å². The molecular formula is C22H22BrClF2N2O5. The molecule has 0 radical (unpaired) electrons. The molecule has 0 bridgehead atoms. The molecule has 0 aromatic heterocycles. The normalized spacial score (nSPS) is 12.1. The Morgan fingerprint density at radius 3 is 2.24 bits per heavy atom. The predicted molar refractivity (Wildman–Crippen MR) is 123 cm³/mol. The second-order valence-electron chi connectivity index (χ2n) is 7.85. The molecule has 2 aromatic carbocycles. The maximum atomic E-state index is 14.2. The van der Waals surface area contributed by atoms with Crippen molar-refractivity contribution >= 4 is 51.0 Å². The van der Waals surface area contributed by atoms with Gasteiger partial charge in [-0.2, -0.15) is 0 Å². The maximum Gasteiger partial charge on any atom is 0.408 e. The van der Waals surface area contributed by atoms with Crippen LogP contribution < -0.4 is 10.6 Å².